The monoisotopic (exact) mass is 400 g/mol. The largest absolute Gasteiger partial charge is 0.341 e. The first-order chi connectivity index (χ1) is 12.2. The van der Waals surface area contributed by atoms with Gasteiger partial charge in [-0.1, -0.05) is 35.0 Å². The molecule has 25 heavy (non-hydrogen) atoms. The number of piperidine rings is 1. The highest BCUT2D eigenvalue weighted by Crippen LogP contribution is 2.24. The number of rotatable bonds is 3. The van der Waals surface area contributed by atoms with Crippen molar-refractivity contribution in [2.24, 2.45) is 5.92 Å². The molecule has 2 aliphatic heterocycles. The molecule has 0 amide bonds. The zero-order valence-electron chi connectivity index (χ0n) is 14.8. The van der Waals surface area contributed by atoms with Gasteiger partial charge in [0.25, 0.3) is 0 Å². The second-order valence-corrected chi connectivity index (χ2v) is 8.31. The van der Waals surface area contributed by atoms with Crippen molar-refractivity contribution in [1.82, 2.24) is 14.9 Å². The Morgan fingerprint density at radius 1 is 1.12 bits per heavy atom. The third-order valence-corrected chi connectivity index (χ3v) is 5.91. The summed E-state index contributed by atoms with van der Waals surface area (Å²) in [5.41, 5.74) is 3.89. The molecule has 4 nitrogen and oxygen atoms in total. The van der Waals surface area contributed by atoms with Crippen LogP contribution in [0.25, 0.3) is 0 Å². The van der Waals surface area contributed by atoms with Gasteiger partial charge in [0, 0.05) is 55.4 Å². The molecule has 0 saturated carbocycles. The predicted octanol–water partition coefficient (Wildman–Crippen LogP) is 4.03. The summed E-state index contributed by atoms with van der Waals surface area (Å²) in [6.07, 6.45) is 5.58. The van der Waals surface area contributed by atoms with E-state index in [1.165, 1.54) is 29.7 Å². The van der Waals surface area contributed by atoms with Crippen LogP contribution in [0.3, 0.4) is 0 Å². The van der Waals surface area contributed by atoms with Gasteiger partial charge in [-0.05, 0) is 36.5 Å². The first-order valence-corrected chi connectivity index (χ1v) is 10.0. The molecule has 3 heterocycles. The van der Waals surface area contributed by atoms with Gasteiger partial charge in [0.1, 0.15) is 0 Å². The van der Waals surface area contributed by atoms with Crippen molar-refractivity contribution in [3.63, 3.8) is 0 Å². The fourth-order valence-corrected chi connectivity index (χ4v) is 3.97. The number of hydrogen-bond donors (Lipinski definition) is 0. The Morgan fingerprint density at radius 3 is 2.64 bits per heavy atom. The van der Waals surface area contributed by atoms with Crippen molar-refractivity contribution in [3.05, 3.63) is 51.8 Å². The summed E-state index contributed by atoms with van der Waals surface area (Å²) in [7, 11) is 0. The summed E-state index contributed by atoms with van der Waals surface area (Å²) >= 11 is 3.50. The maximum atomic E-state index is 4.90. The van der Waals surface area contributed by atoms with Gasteiger partial charge in [0.2, 0.25) is 5.95 Å². The number of aromatic nitrogens is 2. The molecular formula is C20H25BrN4. The van der Waals surface area contributed by atoms with E-state index in [1.54, 1.807) is 0 Å². The summed E-state index contributed by atoms with van der Waals surface area (Å²) < 4.78 is 1.13. The van der Waals surface area contributed by atoms with E-state index in [-0.39, 0.29) is 0 Å². The maximum Gasteiger partial charge on any atom is 0.225 e. The predicted molar refractivity (Wildman–Crippen MR) is 105 cm³/mol. The summed E-state index contributed by atoms with van der Waals surface area (Å²) in [6, 6.07) is 8.61. The van der Waals surface area contributed by atoms with Gasteiger partial charge >= 0.3 is 0 Å². The SMILES string of the molecule is CC1CCN(c2ncc3c(n2)CCN(Cc2ccc(Br)cc2)C3)CC1. The topological polar surface area (TPSA) is 32.3 Å². The molecule has 0 radical (unpaired) electrons. The lowest BCUT2D eigenvalue weighted by molar-refractivity contribution is 0.243. The molecule has 1 aromatic heterocycles. The minimum atomic E-state index is 0.834. The van der Waals surface area contributed by atoms with Gasteiger partial charge in [0.15, 0.2) is 0 Å². The molecule has 2 aromatic rings. The zero-order valence-corrected chi connectivity index (χ0v) is 16.4. The lowest BCUT2D eigenvalue weighted by Gasteiger charge is -2.32. The van der Waals surface area contributed by atoms with Crippen LogP contribution >= 0.6 is 15.9 Å². The average molecular weight is 401 g/mol. The summed E-state index contributed by atoms with van der Waals surface area (Å²) in [5.74, 6) is 1.77. The van der Waals surface area contributed by atoms with Crippen molar-refractivity contribution in [2.75, 3.05) is 24.5 Å². The van der Waals surface area contributed by atoms with Crippen LogP contribution < -0.4 is 4.90 Å². The molecule has 132 valence electrons. The van der Waals surface area contributed by atoms with E-state index in [9.17, 15) is 0 Å². The molecule has 1 saturated heterocycles. The molecule has 0 N–H and O–H groups in total. The number of nitrogens with zero attached hydrogens (tertiary/aromatic N) is 4. The van der Waals surface area contributed by atoms with Crippen LogP contribution in [0.2, 0.25) is 0 Å². The van der Waals surface area contributed by atoms with Gasteiger partial charge in [-0.15, -0.1) is 0 Å². The highest BCUT2D eigenvalue weighted by Gasteiger charge is 2.22. The fourth-order valence-electron chi connectivity index (χ4n) is 3.71. The fraction of sp³-hybridized carbons (Fsp3) is 0.500. The Hall–Kier alpha value is -1.46. The zero-order chi connectivity index (χ0) is 17.2. The minimum Gasteiger partial charge on any atom is -0.341 e. The summed E-state index contributed by atoms with van der Waals surface area (Å²) in [4.78, 5) is 14.4. The van der Waals surface area contributed by atoms with Gasteiger partial charge < -0.3 is 4.90 Å². The Bertz CT molecular complexity index is 723. The average Bonchev–Trinajstić information content (AvgIpc) is 2.64. The second kappa shape index (κ2) is 7.42. The van der Waals surface area contributed by atoms with E-state index in [2.05, 4.69) is 68.1 Å². The Kier molecular flexibility index (Phi) is 5.04. The third kappa shape index (κ3) is 4.04. The molecule has 0 aliphatic carbocycles. The van der Waals surface area contributed by atoms with Crippen molar-refractivity contribution in [1.29, 1.82) is 0 Å². The maximum absolute atomic E-state index is 4.90. The molecule has 4 rings (SSSR count). The van der Waals surface area contributed by atoms with Gasteiger partial charge in [-0.2, -0.15) is 0 Å². The van der Waals surface area contributed by atoms with Crippen molar-refractivity contribution in [3.8, 4) is 0 Å². The van der Waals surface area contributed by atoms with Crippen LogP contribution in [0.4, 0.5) is 5.95 Å². The van der Waals surface area contributed by atoms with E-state index in [0.29, 0.717) is 0 Å². The van der Waals surface area contributed by atoms with Crippen LogP contribution in [0.5, 0.6) is 0 Å². The van der Waals surface area contributed by atoms with Gasteiger partial charge in [-0.25, -0.2) is 9.97 Å². The highest BCUT2D eigenvalue weighted by atomic mass is 79.9. The molecule has 0 unspecified atom stereocenters. The van der Waals surface area contributed by atoms with Gasteiger partial charge in [-0.3, -0.25) is 4.90 Å². The highest BCUT2D eigenvalue weighted by molar-refractivity contribution is 9.10. The van der Waals surface area contributed by atoms with E-state index in [0.717, 1.165) is 55.5 Å². The Morgan fingerprint density at radius 2 is 1.88 bits per heavy atom. The van der Waals surface area contributed by atoms with Gasteiger partial charge in [0.05, 0.1) is 5.69 Å². The molecule has 5 heteroatoms. The van der Waals surface area contributed by atoms with Crippen molar-refractivity contribution >= 4 is 21.9 Å². The molecule has 0 spiro atoms. The Labute approximate surface area is 158 Å². The Balaban J connectivity index is 1.42. The molecule has 0 atom stereocenters. The smallest absolute Gasteiger partial charge is 0.225 e. The first kappa shape index (κ1) is 17.0. The number of hydrogen-bond acceptors (Lipinski definition) is 4. The lowest BCUT2D eigenvalue weighted by atomic mass is 9.99. The quantitative estimate of drug-likeness (QED) is 0.777. The van der Waals surface area contributed by atoms with E-state index < -0.39 is 0 Å². The van der Waals surface area contributed by atoms with Crippen LogP contribution in [0.1, 0.15) is 36.6 Å². The number of anilines is 1. The first-order valence-electron chi connectivity index (χ1n) is 9.24. The van der Waals surface area contributed by atoms with Crippen molar-refractivity contribution < 1.29 is 0 Å². The van der Waals surface area contributed by atoms with Crippen LogP contribution in [0.15, 0.2) is 34.9 Å². The van der Waals surface area contributed by atoms with Crippen LogP contribution in [0, 0.1) is 5.92 Å². The van der Waals surface area contributed by atoms with E-state index in [1.807, 2.05) is 0 Å². The number of fused-ring (bicyclic) bond motifs is 1. The van der Waals surface area contributed by atoms with E-state index >= 15 is 0 Å². The third-order valence-electron chi connectivity index (χ3n) is 5.39. The van der Waals surface area contributed by atoms with Crippen LogP contribution in [-0.2, 0) is 19.5 Å². The summed E-state index contributed by atoms with van der Waals surface area (Å²) in [6.45, 7) is 7.52. The van der Waals surface area contributed by atoms with Crippen molar-refractivity contribution in [2.45, 2.75) is 39.3 Å². The van der Waals surface area contributed by atoms with E-state index in [4.69, 9.17) is 4.98 Å². The molecule has 1 fully saturated rings. The molecule has 0 bridgehead atoms. The van der Waals surface area contributed by atoms with Crippen LogP contribution in [-0.4, -0.2) is 34.5 Å². The minimum absolute atomic E-state index is 0.834. The number of benzene rings is 1. The standard InChI is InChI=1S/C20H25BrN4/c1-15-6-10-25(11-7-15)20-22-12-17-14-24(9-8-19(17)23-20)13-16-2-4-18(21)5-3-16/h2-5,12,15H,6-11,13-14H2,1H3. The molecule has 2 aliphatic rings. The summed E-state index contributed by atoms with van der Waals surface area (Å²) in [5, 5.41) is 0. The second-order valence-electron chi connectivity index (χ2n) is 7.40. The molecule has 1 aromatic carbocycles. The normalized spacial score (nSPS) is 19.0. The lowest BCUT2D eigenvalue weighted by Crippen LogP contribution is -2.35. The molecular weight excluding hydrogens is 376 g/mol. The number of halogens is 1.